The highest BCUT2D eigenvalue weighted by Gasteiger charge is 1.99. The summed E-state index contributed by atoms with van der Waals surface area (Å²) in [5, 5.41) is 0. The van der Waals surface area contributed by atoms with Gasteiger partial charge in [-0.1, -0.05) is 30.3 Å². The first-order chi connectivity index (χ1) is 8.74. The summed E-state index contributed by atoms with van der Waals surface area (Å²) in [5.41, 5.74) is 0.970. The van der Waals surface area contributed by atoms with Crippen molar-refractivity contribution in [1.82, 2.24) is 0 Å². The van der Waals surface area contributed by atoms with Gasteiger partial charge in [0.25, 0.3) is 0 Å². The van der Waals surface area contributed by atoms with Gasteiger partial charge < -0.3 is 4.74 Å². The molecule has 0 amide bonds. The molecule has 2 aromatic rings. The Kier molecular flexibility index (Phi) is 4.52. The van der Waals surface area contributed by atoms with E-state index in [1.807, 2.05) is 42.5 Å². The molecule has 0 heterocycles. The molecule has 0 fully saturated rings. The number of halogens is 1. The lowest BCUT2D eigenvalue weighted by Gasteiger charge is -2.00. The summed E-state index contributed by atoms with van der Waals surface area (Å²) >= 11 is 2.20. The Bertz CT molecular complexity index is 544. The Morgan fingerprint density at radius 1 is 1.00 bits per heavy atom. The summed E-state index contributed by atoms with van der Waals surface area (Å²) in [5.74, 6) is 0.179. The molecule has 0 unspecified atom stereocenters. The van der Waals surface area contributed by atoms with Gasteiger partial charge in [-0.3, -0.25) is 0 Å². The minimum absolute atomic E-state index is 0.375. The second-order valence-corrected chi connectivity index (χ2v) is 4.86. The van der Waals surface area contributed by atoms with Crippen LogP contribution < -0.4 is 4.74 Å². The largest absolute Gasteiger partial charge is 0.423 e. The van der Waals surface area contributed by atoms with Crippen molar-refractivity contribution >= 4 is 34.6 Å². The number of ether oxygens (including phenoxy) is 1. The van der Waals surface area contributed by atoms with Gasteiger partial charge in [0.1, 0.15) is 5.75 Å². The summed E-state index contributed by atoms with van der Waals surface area (Å²) in [6, 6.07) is 17.0. The van der Waals surface area contributed by atoms with Crippen LogP contribution in [0.4, 0.5) is 0 Å². The van der Waals surface area contributed by atoms with E-state index in [9.17, 15) is 4.79 Å². The maximum atomic E-state index is 11.6. The van der Waals surface area contributed by atoms with Crippen LogP contribution in [-0.4, -0.2) is 5.97 Å². The minimum Gasteiger partial charge on any atom is -0.423 e. The maximum absolute atomic E-state index is 11.6. The van der Waals surface area contributed by atoms with Gasteiger partial charge in [-0.25, -0.2) is 4.79 Å². The molecule has 0 atom stereocenters. The fraction of sp³-hybridized carbons (Fsp3) is 0. The fourth-order valence-corrected chi connectivity index (χ4v) is 1.74. The number of hydrogen-bond acceptors (Lipinski definition) is 2. The molecular formula is C15H11IO2. The van der Waals surface area contributed by atoms with Gasteiger partial charge in [-0.15, -0.1) is 0 Å². The third-order valence-electron chi connectivity index (χ3n) is 2.24. The minimum atomic E-state index is -0.375. The van der Waals surface area contributed by atoms with Gasteiger partial charge in [-0.2, -0.15) is 0 Å². The summed E-state index contributed by atoms with van der Waals surface area (Å²) < 4.78 is 6.27. The van der Waals surface area contributed by atoms with Crippen molar-refractivity contribution in [2.24, 2.45) is 0 Å². The standard InChI is InChI=1S/C15H11IO2/c16-13-7-9-14(10-8-13)18-15(17)11-6-12-4-2-1-3-5-12/h1-11H. The molecule has 2 rings (SSSR count). The number of esters is 1. The zero-order valence-corrected chi connectivity index (χ0v) is 11.7. The normalized spacial score (nSPS) is 10.5. The molecule has 0 aliphatic carbocycles. The summed E-state index contributed by atoms with van der Waals surface area (Å²) in [6.07, 6.45) is 3.16. The lowest BCUT2D eigenvalue weighted by Crippen LogP contribution is -2.03. The van der Waals surface area contributed by atoms with E-state index in [-0.39, 0.29) is 5.97 Å². The van der Waals surface area contributed by atoms with Crippen molar-refractivity contribution in [3.05, 3.63) is 69.8 Å². The average molecular weight is 350 g/mol. The Morgan fingerprint density at radius 2 is 1.67 bits per heavy atom. The molecule has 3 heteroatoms. The van der Waals surface area contributed by atoms with Crippen molar-refractivity contribution in [2.75, 3.05) is 0 Å². The molecule has 0 spiro atoms. The third kappa shape index (κ3) is 4.00. The van der Waals surface area contributed by atoms with Gasteiger partial charge in [-0.05, 0) is 58.5 Å². The van der Waals surface area contributed by atoms with Gasteiger partial charge in [0, 0.05) is 9.65 Å². The SMILES string of the molecule is O=C(C=Cc1ccccc1)Oc1ccc(I)cc1. The second-order valence-electron chi connectivity index (χ2n) is 3.62. The first kappa shape index (κ1) is 12.8. The number of carbonyl (C=O) groups excluding carboxylic acids is 1. The number of benzene rings is 2. The van der Waals surface area contributed by atoms with Crippen LogP contribution in [0, 0.1) is 3.57 Å². The number of carbonyl (C=O) groups is 1. The number of hydrogen-bond donors (Lipinski definition) is 0. The summed E-state index contributed by atoms with van der Waals surface area (Å²) in [6.45, 7) is 0. The fourth-order valence-electron chi connectivity index (χ4n) is 1.38. The predicted molar refractivity (Wildman–Crippen MR) is 80.3 cm³/mol. The molecule has 0 saturated heterocycles. The molecule has 0 radical (unpaired) electrons. The zero-order chi connectivity index (χ0) is 12.8. The molecule has 0 aromatic heterocycles. The Hall–Kier alpha value is -1.62. The molecule has 2 nitrogen and oxygen atoms in total. The molecule has 0 bridgehead atoms. The second kappa shape index (κ2) is 6.35. The van der Waals surface area contributed by atoms with E-state index in [1.54, 1.807) is 18.2 Å². The third-order valence-corrected chi connectivity index (χ3v) is 2.96. The summed E-state index contributed by atoms with van der Waals surface area (Å²) in [4.78, 5) is 11.6. The van der Waals surface area contributed by atoms with Crippen molar-refractivity contribution in [3.8, 4) is 5.75 Å². The van der Waals surface area contributed by atoms with Gasteiger partial charge in [0.2, 0.25) is 0 Å². The maximum Gasteiger partial charge on any atom is 0.336 e. The highest BCUT2D eigenvalue weighted by molar-refractivity contribution is 14.1. The zero-order valence-electron chi connectivity index (χ0n) is 9.55. The smallest absolute Gasteiger partial charge is 0.336 e. The lowest BCUT2D eigenvalue weighted by atomic mass is 10.2. The van der Waals surface area contributed by atoms with Crippen LogP contribution in [0.5, 0.6) is 5.75 Å². The van der Waals surface area contributed by atoms with Crippen molar-refractivity contribution in [1.29, 1.82) is 0 Å². The van der Waals surface area contributed by atoms with E-state index in [2.05, 4.69) is 22.6 Å². The van der Waals surface area contributed by atoms with Gasteiger partial charge >= 0.3 is 5.97 Å². The first-order valence-electron chi connectivity index (χ1n) is 5.44. The topological polar surface area (TPSA) is 26.3 Å². The van der Waals surface area contributed by atoms with Crippen LogP contribution in [0.25, 0.3) is 6.08 Å². The molecule has 0 aliphatic heterocycles. The van der Waals surface area contributed by atoms with E-state index in [0.29, 0.717) is 5.75 Å². The van der Waals surface area contributed by atoms with Crippen LogP contribution in [0.2, 0.25) is 0 Å². The monoisotopic (exact) mass is 350 g/mol. The highest BCUT2D eigenvalue weighted by atomic mass is 127. The average Bonchev–Trinajstić information content (AvgIpc) is 2.40. The van der Waals surface area contributed by atoms with Crippen LogP contribution in [-0.2, 0) is 4.79 Å². The van der Waals surface area contributed by atoms with E-state index >= 15 is 0 Å². The van der Waals surface area contributed by atoms with Gasteiger partial charge in [0.15, 0.2) is 0 Å². The predicted octanol–water partition coefficient (Wildman–Crippen LogP) is 3.91. The molecule has 2 aromatic carbocycles. The quantitative estimate of drug-likeness (QED) is 0.363. The lowest BCUT2D eigenvalue weighted by molar-refractivity contribution is -0.128. The van der Waals surface area contributed by atoms with E-state index in [0.717, 1.165) is 9.13 Å². The molecule has 0 aliphatic rings. The summed E-state index contributed by atoms with van der Waals surface area (Å²) in [7, 11) is 0. The van der Waals surface area contributed by atoms with Crippen LogP contribution in [0.3, 0.4) is 0 Å². The van der Waals surface area contributed by atoms with Gasteiger partial charge in [0.05, 0.1) is 0 Å². The molecule has 0 N–H and O–H groups in total. The Balaban J connectivity index is 1.97. The molecule has 90 valence electrons. The number of rotatable bonds is 3. The van der Waals surface area contributed by atoms with E-state index in [4.69, 9.17) is 4.74 Å². The van der Waals surface area contributed by atoms with Crippen molar-refractivity contribution in [2.45, 2.75) is 0 Å². The first-order valence-corrected chi connectivity index (χ1v) is 6.52. The Labute approximate surface area is 119 Å². The Morgan fingerprint density at radius 3 is 2.33 bits per heavy atom. The van der Waals surface area contributed by atoms with E-state index < -0.39 is 0 Å². The van der Waals surface area contributed by atoms with Crippen LogP contribution in [0.1, 0.15) is 5.56 Å². The molecular weight excluding hydrogens is 339 g/mol. The van der Waals surface area contributed by atoms with Crippen LogP contribution >= 0.6 is 22.6 Å². The van der Waals surface area contributed by atoms with Crippen molar-refractivity contribution < 1.29 is 9.53 Å². The van der Waals surface area contributed by atoms with E-state index in [1.165, 1.54) is 6.08 Å². The van der Waals surface area contributed by atoms with Crippen molar-refractivity contribution in [3.63, 3.8) is 0 Å². The van der Waals surface area contributed by atoms with Crippen LogP contribution in [0.15, 0.2) is 60.7 Å². The molecule has 18 heavy (non-hydrogen) atoms. The highest BCUT2D eigenvalue weighted by Crippen LogP contribution is 2.13. The molecule has 0 saturated carbocycles.